The number of hydrogen-bond donors (Lipinski definition) is 1. The number of nitrogens with zero attached hydrogens (tertiary/aromatic N) is 4. The van der Waals surface area contributed by atoms with Gasteiger partial charge in [-0.25, -0.2) is 4.79 Å². The number of aryl methyl sites for hydroxylation is 2. The molecular formula is C18H21N5O2. The van der Waals surface area contributed by atoms with Crippen molar-refractivity contribution in [1.82, 2.24) is 19.1 Å². The molecule has 0 saturated carbocycles. The van der Waals surface area contributed by atoms with Gasteiger partial charge in [0.1, 0.15) is 0 Å². The predicted octanol–water partition coefficient (Wildman–Crippen LogP) is 1.83. The van der Waals surface area contributed by atoms with Crippen LogP contribution in [0.2, 0.25) is 0 Å². The normalized spacial score (nSPS) is 17.1. The zero-order chi connectivity index (χ0) is 17.9. The zero-order valence-electron chi connectivity index (χ0n) is 14.8. The summed E-state index contributed by atoms with van der Waals surface area (Å²) in [5.41, 5.74) is 3.55. The van der Waals surface area contributed by atoms with Crippen molar-refractivity contribution in [2.75, 3.05) is 11.4 Å². The molecule has 3 aromatic rings. The molecular weight excluding hydrogens is 318 g/mol. The number of anilines is 2. The molecule has 4 rings (SSSR count). The highest BCUT2D eigenvalue weighted by Crippen LogP contribution is 2.35. The highest BCUT2D eigenvalue weighted by molar-refractivity contribution is 5.77. The molecule has 0 bridgehead atoms. The molecule has 7 nitrogen and oxygen atoms in total. The van der Waals surface area contributed by atoms with Gasteiger partial charge in [0.2, 0.25) is 5.95 Å². The summed E-state index contributed by atoms with van der Waals surface area (Å²) in [7, 11) is 1.63. The van der Waals surface area contributed by atoms with Crippen LogP contribution in [0.1, 0.15) is 18.1 Å². The molecule has 7 heteroatoms. The van der Waals surface area contributed by atoms with Gasteiger partial charge in [0.05, 0.1) is 0 Å². The molecule has 1 aliphatic heterocycles. The van der Waals surface area contributed by atoms with Crippen LogP contribution >= 0.6 is 0 Å². The summed E-state index contributed by atoms with van der Waals surface area (Å²) in [5, 5.41) is 0. The van der Waals surface area contributed by atoms with E-state index in [4.69, 9.17) is 0 Å². The van der Waals surface area contributed by atoms with Crippen molar-refractivity contribution in [3.8, 4) is 0 Å². The Balaban J connectivity index is 2.04. The molecule has 130 valence electrons. The van der Waals surface area contributed by atoms with Crippen molar-refractivity contribution >= 4 is 22.8 Å². The molecule has 1 aromatic carbocycles. The molecule has 0 saturated heterocycles. The van der Waals surface area contributed by atoms with Gasteiger partial charge >= 0.3 is 5.69 Å². The minimum absolute atomic E-state index is 0.349. The van der Waals surface area contributed by atoms with E-state index in [0.29, 0.717) is 29.6 Å². The Kier molecular flexibility index (Phi) is 3.35. The van der Waals surface area contributed by atoms with Crippen molar-refractivity contribution in [3.63, 3.8) is 0 Å². The van der Waals surface area contributed by atoms with E-state index in [9.17, 15) is 9.59 Å². The van der Waals surface area contributed by atoms with Gasteiger partial charge in [0.15, 0.2) is 11.2 Å². The smallest absolute Gasteiger partial charge is 0.311 e. The number of hydrogen-bond acceptors (Lipinski definition) is 4. The molecule has 0 aliphatic carbocycles. The topological polar surface area (TPSA) is 75.9 Å². The second kappa shape index (κ2) is 5.34. The first-order valence-corrected chi connectivity index (χ1v) is 8.41. The van der Waals surface area contributed by atoms with E-state index in [1.54, 1.807) is 7.05 Å². The summed E-state index contributed by atoms with van der Waals surface area (Å²) in [5.74, 6) is 1.06. The highest BCUT2D eigenvalue weighted by Gasteiger charge is 2.29. The van der Waals surface area contributed by atoms with Gasteiger partial charge in [-0.1, -0.05) is 19.1 Å². The van der Waals surface area contributed by atoms with E-state index in [2.05, 4.69) is 47.8 Å². The van der Waals surface area contributed by atoms with Gasteiger partial charge in [-0.2, -0.15) is 4.98 Å². The third-order valence-corrected chi connectivity index (χ3v) is 5.08. The van der Waals surface area contributed by atoms with Crippen LogP contribution in [0.25, 0.3) is 11.2 Å². The molecule has 0 fully saturated rings. The van der Waals surface area contributed by atoms with E-state index in [0.717, 1.165) is 12.2 Å². The Morgan fingerprint density at radius 1 is 1.20 bits per heavy atom. The average Bonchev–Trinajstić information content (AvgIpc) is 2.94. The Morgan fingerprint density at radius 3 is 2.72 bits per heavy atom. The van der Waals surface area contributed by atoms with Crippen molar-refractivity contribution in [1.29, 1.82) is 0 Å². The number of fused-ring (bicyclic) bond motifs is 3. The van der Waals surface area contributed by atoms with Crippen molar-refractivity contribution in [2.45, 2.75) is 27.3 Å². The molecule has 25 heavy (non-hydrogen) atoms. The van der Waals surface area contributed by atoms with Crippen molar-refractivity contribution in [3.05, 3.63) is 50.2 Å². The van der Waals surface area contributed by atoms with E-state index in [-0.39, 0.29) is 5.56 Å². The number of nitrogens with one attached hydrogen (secondary N) is 1. The average molecular weight is 339 g/mol. The molecule has 0 spiro atoms. The number of imidazole rings is 1. The molecule has 1 unspecified atom stereocenters. The fraction of sp³-hybridized carbons (Fsp3) is 0.389. The maximum Gasteiger partial charge on any atom is 0.329 e. The van der Waals surface area contributed by atoms with Crippen molar-refractivity contribution in [2.24, 2.45) is 13.0 Å². The van der Waals surface area contributed by atoms with Gasteiger partial charge in [0.25, 0.3) is 5.56 Å². The Bertz CT molecular complexity index is 1110. The summed E-state index contributed by atoms with van der Waals surface area (Å²) in [6, 6.07) is 6.20. The number of aromatic nitrogens is 4. The van der Waals surface area contributed by atoms with Crippen molar-refractivity contribution < 1.29 is 0 Å². The SMILES string of the molecule is Cc1cccc(N2CC(C)Cn3c2nc2c3c(=O)[nH]c(=O)n2C)c1C. The second-order valence-electron chi connectivity index (χ2n) is 6.95. The molecule has 2 aromatic heterocycles. The second-order valence-corrected chi connectivity index (χ2v) is 6.95. The Hall–Kier alpha value is -2.83. The van der Waals surface area contributed by atoms with Gasteiger partial charge in [-0.05, 0) is 37.0 Å². The number of rotatable bonds is 1. The zero-order valence-corrected chi connectivity index (χ0v) is 14.8. The standard InChI is InChI=1S/C18H21N5O2/c1-10-8-22(13-7-5-6-11(2)12(13)3)17-19-15-14(23(17)9-10)16(24)20-18(25)21(15)4/h5-7,10H,8-9H2,1-4H3,(H,20,24,25). The van der Waals surface area contributed by atoms with Crippen LogP contribution in [0.3, 0.4) is 0 Å². The van der Waals surface area contributed by atoms with E-state index in [1.807, 2.05) is 10.6 Å². The van der Waals surface area contributed by atoms with Gasteiger partial charge in [-0.3, -0.25) is 14.3 Å². The maximum atomic E-state index is 12.4. The summed E-state index contributed by atoms with van der Waals surface area (Å²) in [4.78, 5) is 33.5. The third kappa shape index (κ3) is 2.22. The van der Waals surface area contributed by atoms with Crippen LogP contribution in [0.5, 0.6) is 0 Å². The van der Waals surface area contributed by atoms with Crippen LogP contribution in [0.15, 0.2) is 27.8 Å². The molecule has 0 amide bonds. The summed E-state index contributed by atoms with van der Waals surface area (Å²) >= 11 is 0. The van der Waals surface area contributed by atoms with E-state index in [1.165, 1.54) is 15.7 Å². The molecule has 3 heterocycles. The summed E-state index contributed by atoms with van der Waals surface area (Å²) in [6.07, 6.45) is 0. The van der Waals surface area contributed by atoms with E-state index >= 15 is 0 Å². The van der Waals surface area contributed by atoms with Crippen LogP contribution in [0, 0.1) is 19.8 Å². The molecule has 1 aliphatic rings. The van der Waals surface area contributed by atoms with Crippen LogP contribution in [-0.4, -0.2) is 25.6 Å². The Morgan fingerprint density at radius 2 is 1.96 bits per heavy atom. The number of aromatic amines is 1. The lowest BCUT2D eigenvalue weighted by Crippen LogP contribution is -2.35. The summed E-state index contributed by atoms with van der Waals surface area (Å²) in [6.45, 7) is 7.86. The van der Waals surface area contributed by atoms with Gasteiger partial charge in [-0.15, -0.1) is 0 Å². The fourth-order valence-corrected chi connectivity index (χ4v) is 3.60. The first kappa shape index (κ1) is 15.7. The quantitative estimate of drug-likeness (QED) is 0.734. The minimum Gasteiger partial charge on any atom is -0.311 e. The fourth-order valence-electron chi connectivity index (χ4n) is 3.60. The Labute approximate surface area is 144 Å². The monoisotopic (exact) mass is 339 g/mol. The third-order valence-electron chi connectivity index (χ3n) is 5.08. The lowest BCUT2D eigenvalue weighted by molar-refractivity contribution is 0.458. The number of benzene rings is 1. The molecule has 1 N–H and O–H groups in total. The van der Waals surface area contributed by atoms with Gasteiger partial charge < -0.3 is 9.47 Å². The van der Waals surface area contributed by atoms with Crippen LogP contribution < -0.4 is 16.1 Å². The summed E-state index contributed by atoms with van der Waals surface area (Å²) < 4.78 is 3.33. The predicted molar refractivity (Wildman–Crippen MR) is 97.7 cm³/mol. The first-order chi connectivity index (χ1) is 11.9. The lowest BCUT2D eigenvalue weighted by Gasteiger charge is -2.34. The van der Waals surface area contributed by atoms with Crippen LogP contribution in [0.4, 0.5) is 11.6 Å². The number of H-pyrrole nitrogens is 1. The largest absolute Gasteiger partial charge is 0.329 e. The van der Waals surface area contributed by atoms with Crippen LogP contribution in [-0.2, 0) is 13.6 Å². The lowest BCUT2D eigenvalue weighted by atomic mass is 10.0. The first-order valence-electron chi connectivity index (χ1n) is 8.41. The maximum absolute atomic E-state index is 12.4. The van der Waals surface area contributed by atoms with E-state index < -0.39 is 5.69 Å². The van der Waals surface area contributed by atoms with Gasteiger partial charge in [0, 0.05) is 25.8 Å². The minimum atomic E-state index is -0.445. The highest BCUT2D eigenvalue weighted by atomic mass is 16.2. The molecule has 0 radical (unpaired) electrons. The molecule has 1 atom stereocenters.